The van der Waals surface area contributed by atoms with Gasteiger partial charge in [0.15, 0.2) is 0 Å². The van der Waals surface area contributed by atoms with Crippen LogP contribution < -0.4 is 15.4 Å². The lowest BCUT2D eigenvalue weighted by Crippen LogP contribution is -2.33. The first kappa shape index (κ1) is 12.2. The van der Waals surface area contributed by atoms with Crippen LogP contribution in [0.5, 0.6) is 5.75 Å². The minimum absolute atomic E-state index is 0.731. The van der Waals surface area contributed by atoms with Crippen LogP contribution in [-0.2, 0) is 0 Å². The molecule has 94 valence electrons. The highest BCUT2D eigenvalue weighted by Gasteiger charge is 2.13. The molecule has 1 fully saturated rings. The summed E-state index contributed by atoms with van der Waals surface area (Å²) in [5.41, 5.74) is 2.37. The summed E-state index contributed by atoms with van der Waals surface area (Å²) in [5.74, 6) is 1.66. The van der Waals surface area contributed by atoms with E-state index in [1.165, 1.54) is 24.9 Å². The van der Waals surface area contributed by atoms with Crippen molar-refractivity contribution in [2.24, 2.45) is 5.92 Å². The number of ether oxygens (including phenoxy) is 1. The molecule has 2 rings (SSSR count). The molecule has 0 amide bonds. The standard InChI is InChI=1S/C14H22N2O/c1-11-5-6-14(17-2)13(8-11)16-10-12-4-3-7-15-9-12/h5-6,8,12,15-16H,3-4,7,9-10H2,1-2H3. The second-order valence-electron chi connectivity index (χ2n) is 4.80. The number of hydrogen-bond acceptors (Lipinski definition) is 3. The van der Waals surface area contributed by atoms with E-state index in [1.54, 1.807) is 7.11 Å². The summed E-state index contributed by atoms with van der Waals surface area (Å²) in [4.78, 5) is 0. The van der Waals surface area contributed by atoms with Gasteiger partial charge in [-0.25, -0.2) is 0 Å². The Kier molecular flexibility index (Phi) is 4.26. The zero-order valence-electron chi connectivity index (χ0n) is 10.8. The van der Waals surface area contributed by atoms with Gasteiger partial charge in [0.05, 0.1) is 12.8 Å². The van der Waals surface area contributed by atoms with Crippen molar-refractivity contribution in [3.05, 3.63) is 23.8 Å². The summed E-state index contributed by atoms with van der Waals surface area (Å²) in [5, 5.41) is 6.95. The number of aryl methyl sites for hydroxylation is 1. The largest absolute Gasteiger partial charge is 0.495 e. The van der Waals surface area contributed by atoms with Crippen LogP contribution in [0, 0.1) is 12.8 Å². The van der Waals surface area contributed by atoms with Crippen LogP contribution in [0.1, 0.15) is 18.4 Å². The number of benzene rings is 1. The highest BCUT2D eigenvalue weighted by molar-refractivity contribution is 5.57. The molecule has 3 nitrogen and oxygen atoms in total. The highest BCUT2D eigenvalue weighted by atomic mass is 16.5. The van der Waals surface area contributed by atoms with E-state index in [4.69, 9.17) is 4.74 Å². The minimum atomic E-state index is 0.731. The fraction of sp³-hybridized carbons (Fsp3) is 0.571. The summed E-state index contributed by atoms with van der Waals surface area (Å²) in [7, 11) is 1.72. The molecule has 17 heavy (non-hydrogen) atoms. The van der Waals surface area contributed by atoms with Gasteiger partial charge in [-0.1, -0.05) is 6.07 Å². The van der Waals surface area contributed by atoms with E-state index in [-0.39, 0.29) is 0 Å². The average Bonchev–Trinajstić information content (AvgIpc) is 2.38. The first-order valence-corrected chi connectivity index (χ1v) is 6.39. The van der Waals surface area contributed by atoms with Crippen molar-refractivity contribution in [3.8, 4) is 5.75 Å². The number of rotatable bonds is 4. The smallest absolute Gasteiger partial charge is 0.141 e. The van der Waals surface area contributed by atoms with Crippen molar-refractivity contribution >= 4 is 5.69 Å². The van der Waals surface area contributed by atoms with E-state index in [2.05, 4.69) is 29.7 Å². The average molecular weight is 234 g/mol. The number of nitrogens with one attached hydrogen (secondary N) is 2. The molecule has 0 saturated carbocycles. The molecule has 1 aromatic carbocycles. The number of anilines is 1. The van der Waals surface area contributed by atoms with Crippen molar-refractivity contribution in [2.75, 3.05) is 32.1 Å². The van der Waals surface area contributed by atoms with E-state index in [1.807, 2.05) is 6.07 Å². The van der Waals surface area contributed by atoms with Crippen LogP contribution in [0.15, 0.2) is 18.2 Å². The Balaban J connectivity index is 1.95. The van der Waals surface area contributed by atoms with Crippen molar-refractivity contribution in [1.29, 1.82) is 0 Å². The topological polar surface area (TPSA) is 33.3 Å². The first-order valence-electron chi connectivity index (χ1n) is 6.39. The first-order chi connectivity index (χ1) is 8.29. The van der Waals surface area contributed by atoms with Crippen LogP contribution >= 0.6 is 0 Å². The Morgan fingerprint density at radius 2 is 2.35 bits per heavy atom. The molecule has 3 heteroatoms. The fourth-order valence-electron chi connectivity index (χ4n) is 2.31. The molecule has 0 radical (unpaired) electrons. The molecule has 1 aliphatic heterocycles. The molecular weight excluding hydrogens is 212 g/mol. The molecule has 1 atom stereocenters. The Morgan fingerprint density at radius 1 is 1.47 bits per heavy atom. The van der Waals surface area contributed by atoms with E-state index in [9.17, 15) is 0 Å². The second-order valence-corrected chi connectivity index (χ2v) is 4.80. The van der Waals surface area contributed by atoms with Gasteiger partial charge in [0.2, 0.25) is 0 Å². The van der Waals surface area contributed by atoms with E-state index in [0.717, 1.165) is 30.4 Å². The quantitative estimate of drug-likeness (QED) is 0.839. The van der Waals surface area contributed by atoms with E-state index < -0.39 is 0 Å². The van der Waals surface area contributed by atoms with Crippen LogP contribution in [0.3, 0.4) is 0 Å². The summed E-state index contributed by atoms with van der Waals surface area (Å²) >= 11 is 0. The van der Waals surface area contributed by atoms with Gasteiger partial charge < -0.3 is 15.4 Å². The van der Waals surface area contributed by atoms with Crippen molar-refractivity contribution in [1.82, 2.24) is 5.32 Å². The van der Waals surface area contributed by atoms with E-state index in [0.29, 0.717) is 0 Å². The van der Waals surface area contributed by atoms with Crippen molar-refractivity contribution < 1.29 is 4.74 Å². The van der Waals surface area contributed by atoms with Crippen LogP contribution in [-0.4, -0.2) is 26.7 Å². The molecular formula is C14H22N2O. The summed E-state index contributed by atoms with van der Waals surface area (Å²) in [6.07, 6.45) is 2.60. The molecule has 1 saturated heterocycles. The fourth-order valence-corrected chi connectivity index (χ4v) is 2.31. The molecule has 0 bridgehead atoms. The zero-order valence-corrected chi connectivity index (χ0v) is 10.8. The van der Waals surface area contributed by atoms with Gasteiger partial charge in [0, 0.05) is 6.54 Å². The van der Waals surface area contributed by atoms with E-state index >= 15 is 0 Å². The Morgan fingerprint density at radius 3 is 3.06 bits per heavy atom. The summed E-state index contributed by atoms with van der Waals surface area (Å²) in [6, 6.07) is 6.25. The lowest BCUT2D eigenvalue weighted by Gasteiger charge is -2.24. The zero-order chi connectivity index (χ0) is 12.1. The van der Waals surface area contributed by atoms with Crippen molar-refractivity contribution in [3.63, 3.8) is 0 Å². The molecule has 1 heterocycles. The predicted octanol–water partition coefficient (Wildman–Crippen LogP) is 2.42. The third-order valence-corrected chi connectivity index (χ3v) is 3.34. The number of hydrogen-bond donors (Lipinski definition) is 2. The van der Waals surface area contributed by atoms with Crippen LogP contribution in [0.2, 0.25) is 0 Å². The Bertz CT molecular complexity index is 359. The van der Waals surface area contributed by atoms with Crippen LogP contribution in [0.4, 0.5) is 5.69 Å². The molecule has 1 aliphatic rings. The molecule has 0 spiro atoms. The monoisotopic (exact) mass is 234 g/mol. The molecule has 0 aliphatic carbocycles. The van der Waals surface area contributed by atoms with Gasteiger partial charge in [-0.2, -0.15) is 0 Å². The van der Waals surface area contributed by atoms with Gasteiger partial charge in [0.1, 0.15) is 5.75 Å². The molecule has 1 aromatic rings. The molecule has 0 aromatic heterocycles. The maximum Gasteiger partial charge on any atom is 0.141 e. The number of piperidine rings is 1. The maximum atomic E-state index is 5.36. The minimum Gasteiger partial charge on any atom is -0.495 e. The normalized spacial score (nSPS) is 20.0. The van der Waals surface area contributed by atoms with Gasteiger partial charge in [-0.15, -0.1) is 0 Å². The molecule has 1 unspecified atom stereocenters. The van der Waals surface area contributed by atoms with Crippen LogP contribution in [0.25, 0.3) is 0 Å². The lowest BCUT2D eigenvalue weighted by atomic mass is 9.99. The van der Waals surface area contributed by atoms with Gasteiger partial charge in [-0.05, 0) is 56.5 Å². The highest BCUT2D eigenvalue weighted by Crippen LogP contribution is 2.25. The van der Waals surface area contributed by atoms with Gasteiger partial charge in [0.25, 0.3) is 0 Å². The van der Waals surface area contributed by atoms with Gasteiger partial charge in [-0.3, -0.25) is 0 Å². The Hall–Kier alpha value is -1.22. The lowest BCUT2D eigenvalue weighted by molar-refractivity contribution is 0.390. The number of methoxy groups -OCH3 is 1. The SMILES string of the molecule is COc1ccc(C)cc1NCC1CCCNC1. The van der Waals surface area contributed by atoms with Crippen molar-refractivity contribution in [2.45, 2.75) is 19.8 Å². The maximum absolute atomic E-state index is 5.36. The predicted molar refractivity (Wildman–Crippen MR) is 71.8 cm³/mol. The third-order valence-electron chi connectivity index (χ3n) is 3.34. The molecule has 2 N–H and O–H groups in total. The summed E-state index contributed by atoms with van der Waals surface area (Å²) < 4.78 is 5.36. The third kappa shape index (κ3) is 3.37. The second kappa shape index (κ2) is 5.92. The van der Waals surface area contributed by atoms with Gasteiger partial charge >= 0.3 is 0 Å². The summed E-state index contributed by atoms with van der Waals surface area (Å²) in [6.45, 7) is 5.42. The Labute approximate surface area is 104 Å².